The molecule has 128 valence electrons. The molecule has 2 heterocycles. The van der Waals surface area contributed by atoms with Gasteiger partial charge in [-0.05, 0) is 55.0 Å². The molecule has 0 atom stereocenters. The highest BCUT2D eigenvalue weighted by atomic mass is 35.5. The second kappa shape index (κ2) is 6.86. The summed E-state index contributed by atoms with van der Waals surface area (Å²) in [7, 11) is 0. The molecule has 1 amide bonds. The van der Waals surface area contributed by atoms with Gasteiger partial charge in [0, 0.05) is 17.4 Å². The van der Waals surface area contributed by atoms with Crippen molar-refractivity contribution < 1.29 is 4.79 Å². The molecule has 4 nitrogen and oxygen atoms in total. The summed E-state index contributed by atoms with van der Waals surface area (Å²) in [6, 6.07) is 17.3. The zero-order valence-electron chi connectivity index (χ0n) is 13.9. The van der Waals surface area contributed by atoms with Gasteiger partial charge in [-0.2, -0.15) is 0 Å². The number of pyridine rings is 1. The standard InChI is InChI=1S/C20H14ClN3OS/c1-12-11-13(20-24-16-6-2-3-7-17(16)26-20)8-9-15(12)23-19(25)14-5-4-10-22-18(14)21/h2-11H,1H3,(H,23,25). The van der Waals surface area contributed by atoms with Crippen LogP contribution in [0.5, 0.6) is 0 Å². The van der Waals surface area contributed by atoms with Crippen LogP contribution in [0.3, 0.4) is 0 Å². The fraction of sp³-hybridized carbons (Fsp3) is 0.0500. The maximum absolute atomic E-state index is 12.4. The first kappa shape index (κ1) is 16.7. The van der Waals surface area contributed by atoms with Crippen molar-refractivity contribution in [2.75, 3.05) is 5.32 Å². The third-order valence-electron chi connectivity index (χ3n) is 4.02. The minimum atomic E-state index is -0.279. The number of fused-ring (bicyclic) bond motifs is 1. The van der Waals surface area contributed by atoms with E-state index in [1.54, 1.807) is 29.7 Å². The Hall–Kier alpha value is -2.76. The monoisotopic (exact) mass is 379 g/mol. The van der Waals surface area contributed by atoms with E-state index < -0.39 is 0 Å². The van der Waals surface area contributed by atoms with E-state index in [1.807, 2.05) is 43.3 Å². The molecule has 0 bridgehead atoms. The van der Waals surface area contributed by atoms with Crippen LogP contribution in [0.4, 0.5) is 5.69 Å². The van der Waals surface area contributed by atoms with Crippen LogP contribution in [0.1, 0.15) is 15.9 Å². The lowest BCUT2D eigenvalue weighted by atomic mass is 10.1. The second-order valence-electron chi connectivity index (χ2n) is 5.81. The number of carbonyl (C=O) groups is 1. The number of para-hydroxylation sites is 1. The molecule has 0 saturated heterocycles. The number of nitrogens with one attached hydrogen (secondary N) is 1. The lowest BCUT2D eigenvalue weighted by Crippen LogP contribution is -2.13. The van der Waals surface area contributed by atoms with Gasteiger partial charge in [0.05, 0.1) is 15.8 Å². The fourth-order valence-corrected chi connectivity index (χ4v) is 3.84. The van der Waals surface area contributed by atoms with Gasteiger partial charge in [-0.25, -0.2) is 9.97 Å². The van der Waals surface area contributed by atoms with Crippen LogP contribution in [0, 0.1) is 6.92 Å². The average Bonchev–Trinajstić information content (AvgIpc) is 3.08. The summed E-state index contributed by atoms with van der Waals surface area (Å²) < 4.78 is 1.16. The Bertz CT molecular complexity index is 1090. The third-order valence-corrected chi connectivity index (χ3v) is 5.41. The quantitative estimate of drug-likeness (QED) is 0.473. The molecule has 0 saturated carbocycles. The number of rotatable bonds is 3. The molecule has 0 fully saturated rings. The SMILES string of the molecule is Cc1cc(-c2nc3ccccc3s2)ccc1NC(=O)c1cccnc1Cl. The highest BCUT2D eigenvalue weighted by Crippen LogP contribution is 2.32. The molecule has 2 aromatic heterocycles. The largest absolute Gasteiger partial charge is 0.322 e. The summed E-state index contributed by atoms with van der Waals surface area (Å²) in [6.07, 6.45) is 1.55. The average molecular weight is 380 g/mol. The molecular weight excluding hydrogens is 366 g/mol. The molecule has 0 unspecified atom stereocenters. The van der Waals surface area contributed by atoms with E-state index in [9.17, 15) is 4.79 Å². The minimum absolute atomic E-state index is 0.189. The van der Waals surface area contributed by atoms with Crippen molar-refractivity contribution in [3.05, 3.63) is 77.1 Å². The molecule has 0 radical (unpaired) electrons. The van der Waals surface area contributed by atoms with Gasteiger partial charge in [-0.3, -0.25) is 4.79 Å². The second-order valence-corrected chi connectivity index (χ2v) is 7.20. The molecule has 4 rings (SSSR count). The van der Waals surface area contributed by atoms with Gasteiger partial charge in [0.1, 0.15) is 10.2 Å². The van der Waals surface area contributed by atoms with Crippen LogP contribution in [0.15, 0.2) is 60.8 Å². The number of thiazole rings is 1. The van der Waals surface area contributed by atoms with Crippen LogP contribution in [0.2, 0.25) is 5.15 Å². The molecule has 0 aliphatic heterocycles. The van der Waals surface area contributed by atoms with Crippen molar-refractivity contribution in [2.45, 2.75) is 6.92 Å². The first-order chi connectivity index (χ1) is 12.6. The molecule has 0 aliphatic carbocycles. The fourth-order valence-electron chi connectivity index (χ4n) is 2.68. The molecular formula is C20H14ClN3OS. The Labute approximate surface area is 159 Å². The van der Waals surface area contributed by atoms with Gasteiger partial charge in [-0.1, -0.05) is 23.7 Å². The smallest absolute Gasteiger partial charge is 0.258 e. The number of carbonyl (C=O) groups excluding carboxylic acids is 1. The summed E-state index contributed by atoms with van der Waals surface area (Å²) in [6.45, 7) is 1.96. The Kier molecular flexibility index (Phi) is 4.41. The van der Waals surface area contributed by atoms with Gasteiger partial charge in [-0.15, -0.1) is 11.3 Å². The number of benzene rings is 2. The van der Waals surface area contributed by atoms with Crippen LogP contribution in [-0.4, -0.2) is 15.9 Å². The van der Waals surface area contributed by atoms with E-state index in [0.717, 1.165) is 32.0 Å². The molecule has 26 heavy (non-hydrogen) atoms. The first-order valence-electron chi connectivity index (χ1n) is 8.00. The number of aromatic nitrogens is 2. The minimum Gasteiger partial charge on any atom is -0.322 e. The number of aryl methyl sites for hydroxylation is 1. The number of anilines is 1. The van der Waals surface area contributed by atoms with Crippen molar-refractivity contribution in [2.24, 2.45) is 0 Å². The first-order valence-corrected chi connectivity index (χ1v) is 9.20. The van der Waals surface area contributed by atoms with Crippen LogP contribution < -0.4 is 5.32 Å². The van der Waals surface area contributed by atoms with Crippen molar-refractivity contribution in [1.82, 2.24) is 9.97 Å². The van der Waals surface area contributed by atoms with Crippen molar-refractivity contribution >= 4 is 44.7 Å². The number of halogens is 1. The number of hydrogen-bond donors (Lipinski definition) is 1. The zero-order valence-corrected chi connectivity index (χ0v) is 15.4. The van der Waals surface area contributed by atoms with Gasteiger partial charge < -0.3 is 5.32 Å². The zero-order chi connectivity index (χ0) is 18.1. The lowest BCUT2D eigenvalue weighted by Gasteiger charge is -2.10. The van der Waals surface area contributed by atoms with E-state index >= 15 is 0 Å². The maximum Gasteiger partial charge on any atom is 0.258 e. The molecule has 4 aromatic rings. The Morgan fingerprint density at radius 1 is 1.12 bits per heavy atom. The van der Waals surface area contributed by atoms with E-state index in [-0.39, 0.29) is 11.1 Å². The summed E-state index contributed by atoms with van der Waals surface area (Å²) in [5, 5.41) is 4.04. The lowest BCUT2D eigenvalue weighted by molar-refractivity contribution is 0.102. The number of amides is 1. The summed E-state index contributed by atoms with van der Waals surface area (Å²) in [5.41, 5.74) is 4.06. The molecule has 0 aliphatic rings. The molecule has 2 aromatic carbocycles. The summed E-state index contributed by atoms with van der Waals surface area (Å²) >= 11 is 7.64. The van der Waals surface area contributed by atoms with E-state index in [4.69, 9.17) is 11.6 Å². The van der Waals surface area contributed by atoms with Crippen LogP contribution >= 0.6 is 22.9 Å². The number of nitrogens with zero attached hydrogens (tertiary/aromatic N) is 2. The third kappa shape index (κ3) is 3.19. The van der Waals surface area contributed by atoms with Gasteiger partial charge >= 0.3 is 0 Å². The predicted molar refractivity (Wildman–Crippen MR) is 107 cm³/mol. The van der Waals surface area contributed by atoms with Gasteiger partial charge in [0.15, 0.2) is 0 Å². The van der Waals surface area contributed by atoms with Crippen molar-refractivity contribution in [1.29, 1.82) is 0 Å². The van der Waals surface area contributed by atoms with E-state index in [2.05, 4.69) is 21.4 Å². The Morgan fingerprint density at radius 2 is 1.96 bits per heavy atom. The van der Waals surface area contributed by atoms with E-state index in [0.29, 0.717) is 5.56 Å². The van der Waals surface area contributed by atoms with Crippen molar-refractivity contribution in [3.8, 4) is 10.6 Å². The Morgan fingerprint density at radius 3 is 2.73 bits per heavy atom. The predicted octanol–water partition coefficient (Wildman–Crippen LogP) is 5.57. The van der Waals surface area contributed by atoms with E-state index in [1.165, 1.54) is 0 Å². The van der Waals surface area contributed by atoms with Gasteiger partial charge in [0.2, 0.25) is 0 Å². The Balaban J connectivity index is 1.62. The number of hydrogen-bond acceptors (Lipinski definition) is 4. The summed E-state index contributed by atoms with van der Waals surface area (Å²) in [4.78, 5) is 21.0. The highest BCUT2D eigenvalue weighted by Gasteiger charge is 2.13. The summed E-state index contributed by atoms with van der Waals surface area (Å²) in [5.74, 6) is -0.279. The highest BCUT2D eigenvalue weighted by molar-refractivity contribution is 7.21. The molecule has 6 heteroatoms. The van der Waals surface area contributed by atoms with Crippen molar-refractivity contribution in [3.63, 3.8) is 0 Å². The topological polar surface area (TPSA) is 54.9 Å². The van der Waals surface area contributed by atoms with Crippen LogP contribution in [0.25, 0.3) is 20.8 Å². The molecule has 0 spiro atoms. The maximum atomic E-state index is 12.4. The normalized spacial score (nSPS) is 10.8. The molecule has 1 N–H and O–H groups in total. The van der Waals surface area contributed by atoms with Gasteiger partial charge in [0.25, 0.3) is 5.91 Å². The van der Waals surface area contributed by atoms with Crippen LogP contribution in [-0.2, 0) is 0 Å².